The second-order valence-electron chi connectivity index (χ2n) is 8.11. The van der Waals surface area contributed by atoms with Gasteiger partial charge in [-0.1, -0.05) is 24.3 Å². The van der Waals surface area contributed by atoms with Gasteiger partial charge in [-0.25, -0.2) is 4.79 Å². The van der Waals surface area contributed by atoms with Crippen molar-refractivity contribution < 1.29 is 19.0 Å². The number of aromatic hydroxyl groups is 1. The average molecular weight is 431 g/mol. The molecule has 4 aromatic rings. The Morgan fingerprint density at radius 1 is 0.969 bits per heavy atom. The zero-order valence-electron chi connectivity index (χ0n) is 18.1. The van der Waals surface area contributed by atoms with E-state index in [2.05, 4.69) is 4.90 Å². The summed E-state index contributed by atoms with van der Waals surface area (Å²) in [6.07, 6.45) is 0. The summed E-state index contributed by atoms with van der Waals surface area (Å²) < 4.78 is 16.4. The number of phenols is 1. The Bertz CT molecular complexity index is 1340. The third-order valence-corrected chi connectivity index (χ3v) is 6.25. The molecule has 6 heteroatoms. The number of morpholine rings is 1. The van der Waals surface area contributed by atoms with Crippen LogP contribution in [0.2, 0.25) is 0 Å². The minimum atomic E-state index is -0.393. The van der Waals surface area contributed by atoms with E-state index in [-0.39, 0.29) is 11.8 Å². The van der Waals surface area contributed by atoms with Gasteiger partial charge in [0.05, 0.1) is 26.4 Å². The number of methoxy groups -OCH3 is 1. The lowest BCUT2D eigenvalue weighted by Crippen LogP contribution is -2.39. The zero-order chi connectivity index (χ0) is 22.2. The highest BCUT2D eigenvalue weighted by Gasteiger charge is 2.27. The van der Waals surface area contributed by atoms with E-state index < -0.39 is 5.63 Å². The van der Waals surface area contributed by atoms with Crippen molar-refractivity contribution in [2.75, 3.05) is 33.4 Å². The van der Waals surface area contributed by atoms with E-state index in [4.69, 9.17) is 13.9 Å². The van der Waals surface area contributed by atoms with Crippen LogP contribution < -0.4 is 10.4 Å². The number of aryl methyl sites for hydroxylation is 1. The summed E-state index contributed by atoms with van der Waals surface area (Å²) in [7, 11) is 1.65. The van der Waals surface area contributed by atoms with Gasteiger partial charge in [0, 0.05) is 40.9 Å². The molecule has 1 saturated heterocycles. The van der Waals surface area contributed by atoms with E-state index in [1.807, 2.05) is 55.5 Å². The third-order valence-electron chi connectivity index (χ3n) is 6.25. The van der Waals surface area contributed by atoms with Gasteiger partial charge in [-0.2, -0.15) is 0 Å². The van der Waals surface area contributed by atoms with Gasteiger partial charge in [-0.15, -0.1) is 0 Å². The summed E-state index contributed by atoms with van der Waals surface area (Å²) >= 11 is 0. The molecule has 2 heterocycles. The zero-order valence-corrected chi connectivity index (χ0v) is 18.1. The number of hydrogen-bond donors (Lipinski definition) is 1. The van der Waals surface area contributed by atoms with E-state index in [1.165, 1.54) is 6.07 Å². The summed E-state index contributed by atoms with van der Waals surface area (Å²) in [4.78, 5) is 14.3. The number of ether oxygens (including phenoxy) is 2. The van der Waals surface area contributed by atoms with Crippen molar-refractivity contribution in [1.82, 2.24) is 4.90 Å². The quantitative estimate of drug-likeness (QED) is 0.382. The van der Waals surface area contributed by atoms with Crippen LogP contribution in [0, 0.1) is 6.92 Å². The van der Waals surface area contributed by atoms with Gasteiger partial charge >= 0.3 is 5.63 Å². The highest BCUT2D eigenvalue weighted by atomic mass is 16.5. The number of phenolic OH excluding ortho intramolecular Hbond substituents is 1. The topological polar surface area (TPSA) is 72.1 Å². The van der Waals surface area contributed by atoms with Crippen molar-refractivity contribution in [2.45, 2.75) is 13.0 Å². The first-order valence-corrected chi connectivity index (χ1v) is 10.7. The minimum absolute atomic E-state index is 0.144. The lowest BCUT2D eigenvalue weighted by molar-refractivity contribution is 0.0236. The molecule has 1 N–H and O–H groups in total. The molecule has 1 aliphatic rings. The first-order chi connectivity index (χ1) is 15.6. The maximum Gasteiger partial charge on any atom is 0.336 e. The van der Waals surface area contributed by atoms with Gasteiger partial charge in [-0.05, 0) is 42.3 Å². The molecular weight excluding hydrogens is 406 g/mol. The molecule has 0 saturated carbocycles. The molecule has 5 rings (SSSR count). The smallest absolute Gasteiger partial charge is 0.336 e. The second kappa shape index (κ2) is 8.30. The monoisotopic (exact) mass is 431 g/mol. The van der Waals surface area contributed by atoms with Gasteiger partial charge < -0.3 is 19.0 Å². The fraction of sp³-hybridized carbons (Fsp3) is 0.269. The van der Waals surface area contributed by atoms with E-state index in [0.717, 1.165) is 46.3 Å². The van der Waals surface area contributed by atoms with E-state index in [0.29, 0.717) is 24.2 Å². The van der Waals surface area contributed by atoms with Crippen LogP contribution in [0.15, 0.2) is 63.8 Å². The second-order valence-corrected chi connectivity index (χ2v) is 8.11. The number of rotatable bonds is 4. The number of hydrogen-bond acceptors (Lipinski definition) is 6. The van der Waals surface area contributed by atoms with Crippen molar-refractivity contribution >= 4 is 21.7 Å². The Labute approximate surface area is 185 Å². The molecule has 0 spiro atoms. The predicted octanol–water partition coefficient (Wildman–Crippen LogP) is 4.39. The van der Waals surface area contributed by atoms with Crippen LogP contribution in [0.25, 0.3) is 21.7 Å². The van der Waals surface area contributed by atoms with Crippen LogP contribution in [0.4, 0.5) is 0 Å². The molecule has 1 fully saturated rings. The molecule has 3 aromatic carbocycles. The Kier molecular flexibility index (Phi) is 5.33. The average Bonchev–Trinajstić information content (AvgIpc) is 2.81. The first-order valence-electron chi connectivity index (χ1n) is 10.7. The van der Waals surface area contributed by atoms with Gasteiger partial charge in [0.15, 0.2) is 0 Å². The fourth-order valence-electron chi connectivity index (χ4n) is 4.61. The van der Waals surface area contributed by atoms with Crippen LogP contribution in [-0.2, 0) is 4.74 Å². The molecule has 0 radical (unpaired) electrons. The van der Waals surface area contributed by atoms with E-state index in [9.17, 15) is 9.90 Å². The molecule has 1 aromatic heterocycles. The maximum absolute atomic E-state index is 12.0. The molecule has 1 aliphatic heterocycles. The highest BCUT2D eigenvalue weighted by molar-refractivity contribution is 6.07. The van der Waals surface area contributed by atoms with Gasteiger partial charge in [0.2, 0.25) is 0 Å². The standard InChI is InChI=1S/C26H25NO5/c1-16-15-23(28)32-26-19(16)7-8-20-21(26)9-10-22(25(20)29)24(27-11-13-31-14-12-27)17-3-5-18(30-2)6-4-17/h3-10,15,24,29H,11-14H2,1-2H3/t24-/m1/s1. The molecule has 0 amide bonds. The van der Waals surface area contributed by atoms with Crippen LogP contribution in [0.3, 0.4) is 0 Å². The molecule has 0 aliphatic carbocycles. The minimum Gasteiger partial charge on any atom is -0.507 e. The highest BCUT2D eigenvalue weighted by Crippen LogP contribution is 2.41. The van der Waals surface area contributed by atoms with Crippen LogP contribution in [0.1, 0.15) is 22.7 Å². The van der Waals surface area contributed by atoms with Crippen LogP contribution in [-0.4, -0.2) is 43.4 Å². The molecule has 32 heavy (non-hydrogen) atoms. The number of benzene rings is 3. The molecular formula is C26H25NO5. The van der Waals surface area contributed by atoms with Crippen molar-refractivity contribution in [3.8, 4) is 11.5 Å². The SMILES string of the molecule is COc1ccc([C@H](c2ccc3c(ccc4c(C)cc(=O)oc43)c2O)N2CCOCC2)cc1. The summed E-state index contributed by atoms with van der Waals surface area (Å²) in [6.45, 7) is 4.71. The van der Waals surface area contributed by atoms with Crippen molar-refractivity contribution in [2.24, 2.45) is 0 Å². The molecule has 1 atom stereocenters. The lowest BCUT2D eigenvalue weighted by Gasteiger charge is -2.35. The number of nitrogens with zero attached hydrogens (tertiary/aromatic N) is 1. The van der Waals surface area contributed by atoms with E-state index >= 15 is 0 Å². The third kappa shape index (κ3) is 3.51. The van der Waals surface area contributed by atoms with E-state index in [1.54, 1.807) is 7.11 Å². The Morgan fingerprint density at radius 3 is 2.38 bits per heavy atom. The molecule has 164 valence electrons. The van der Waals surface area contributed by atoms with Crippen LogP contribution in [0.5, 0.6) is 11.5 Å². The largest absolute Gasteiger partial charge is 0.507 e. The van der Waals surface area contributed by atoms with Crippen LogP contribution >= 0.6 is 0 Å². The summed E-state index contributed by atoms with van der Waals surface area (Å²) in [5.74, 6) is 0.981. The van der Waals surface area contributed by atoms with Crippen molar-refractivity contribution in [1.29, 1.82) is 0 Å². The van der Waals surface area contributed by atoms with Crippen molar-refractivity contribution in [3.05, 3.63) is 81.7 Å². The molecule has 6 nitrogen and oxygen atoms in total. The van der Waals surface area contributed by atoms with Gasteiger partial charge in [0.1, 0.15) is 17.1 Å². The van der Waals surface area contributed by atoms with Crippen molar-refractivity contribution in [3.63, 3.8) is 0 Å². The predicted molar refractivity (Wildman–Crippen MR) is 124 cm³/mol. The fourth-order valence-corrected chi connectivity index (χ4v) is 4.61. The normalized spacial score (nSPS) is 15.8. The maximum atomic E-state index is 12.0. The summed E-state index contributed by atoms with van der Waals surface area (Å²) in [5, 5.41) is 13.7. The molecule has 0 unspecified atom stereocenters. The first kappa shape index (κ1) is 20.5. The number of fused-ring (bicyclic) bond motifs is 3. The lowest BCUT2D eigenvalue weighted by atomic mass is 9.92. The van der Waals surface area contributed by atoms with Gasteiger partial charge in [0.25, 0.3) is 0 Å². The Balaban J connectivity index is 1.70. The summed E-state index contributed by atoms with van der Waals surface area (Å²) in [5.41, 5.74) is 2.83. The molecule has 0 bridgehead atoms. The Hall–Kier alpha value is -3.35. The Morgan fingerprint density at radius 2 is 1.66 bits per heavy atom. The summed E-state index contributed by atoms with van der Waals surface area (Å²) in [6, 6.07) is 16.9. The van der Waals surface area contributed by atoms with Gasteiger partial charge in [-0.3, -0.25) is 4.90 Å².